The lowest BCUT2D eigenvalue weighted by molar-refractivity contribution is 0.107. The molecule has 96 valence electrons. The Labute approximate surface area is 107 Å². The molecular weight excluding hydrogens is 229 g/mol. The van der Waals surface area contributed by atoms with Gasteiger partial charge < -0.3 is 9.64 Å². The number of rotatable bonds is 5. The molecule has 0 saturated heterocycles. The fourth-order valence-electron chi connectivity index (χ4n) is 2.10. The molecule has 3 heteroatoms. The van der Waals surface area contributed by atoms with Gasteiger partial charge in [-0.25, -0.2) is 4.39 Å². The Morgan fingerprint density at radius 2 is 1.78 bits per heavy atom. The minimum atomic E-state index is -0.437. The molecule has 0 amide bonds. The molecule has 0 saturated carbocycles. The van der Waals surface area contributed by atoms with Gasteiger partial charge in [-0.15, -0.1) is 0 Å². The number of benzene rings is 2. The van der Waals surface area contributed by atoms with Crippen LogP contribution >= 0.6 is 0 Å². The first-order valence-corrected chi connectivity index (χ1v) is 6.05. The van der Waals surface area contributed by atoms with Gasteiger partial charge in [-0.1, -0.05) is 30.3 Å². The van der Waals surface area contributed by atoms with Crippen molar-refractivity contribution in [2.75, 3.05) is 32.3 Å². The van der Waals surface area contributed by atoms with E-state index in [9.17, 15) is 4.39 Å². The minimum Gasteiger partial charge on any atom is -0.377 e. The van der Waals surface area contributed by atoms with Gasteiger partial charge in [0, 0.05) is 25.2 Å². The molecule has 0 spiro atoms. The number of hydrogen-bond acceptors (Lipinski definition) is 2. The highest BCUT2D eigenvalue weighted by Gasteiger charge is 2.06. The molecule has 2 aromatic carbocycles. The summed E-state index contributed by atoms with van der Waals surface area (Å²) >= 11 is 0. The molecule has 0 aliphatic heterocycles. The summed E-state index contributed by atoms with van der Waals surface area (Å²) in [5.41, 5.74) is 2.28. The van der Waals surface area contributed by atoms with Crippen LogP contribution < -0.4 is 4.90 Å². The zero-order chi connectivity index (χ0) is 13.0. The Balaban J connectivity index is 2.41. The highest BCUT2D eigenvalue weighted by molar-refractivity contribution is 5.96. The average molecular weight is 247 g/mol. The summed E-state index contributed by atoms with van der Waals surface area (Å²) in [6.45, 7) is 0.176. The highest BCUT2D eigenvalue weighted by atomic mass is 19.1. The van der Waals surface area contributed by atoms with Crippen LogP contribution in [0.25, 0.3) is 10.8 Å². The van der Waals surface area contributed by atoms with Crippen molar-refractivity contribution in [1.29, 1.82) is 0 Å². The Morgan fingerprint density at radius 3 is 2.44 bits per heavy atom. The molecule has 0 bridgehead atoms. The largest absolute Gasteiger partial charge is 0.377 e. The van der Waals surface area contributed by atoms with Gasteiger partial charge in [0.25, 0.3) is 0 Å². The predicted molar refractivity (Wildman–Crippen MR) is 73.9 cm³/mol. The predicted octanol–water partition coefficient (Wildman–Crippen LogP) is 3.39. The third kappa shape index (κ3) is 2.62. The van der Waals surface area contributed by atoms with Crippen LogP contribution in [0.5, 0.6) is 0 Å². The van der Waals surface area contributed by atoms with E-state index in [0.717, 1.165) is 5.56 Å². The normalized spacial score (nSPS) is 10.8. The Bertz CT molecular complexity index is 525. The lowest BCUT2D eigenvalue weighted by atomic mass is 10.0. The second-order valence-electron chi connectivity index (χ2n) is 4.43. The number of halogens is 1. The van der Waals surface area contributed by atoms with Gasteiger partial charge in [0.15, 0.2) is 0 Å². The summed E-state index contributed by atoms with van der Waals surface area (Å²) in [7, 11) is 4.06. The third-order valence-corrected chi connectivity index (χ3v) is 2.95. The van der Waals surface area contributed by atoms with Crippen LogP contribution in [0.15, 0.2) is 36.4 Å². The van der Waals surface area contributed by atoms with Gasteiger partial charge in [0.2, 0.25) is 0 Å². The van der Waals surface area contributed by atoms with Crippen molar-refractivity contribution in [3.8, 4) is 0 Å². The molecule has 0 aliphatic rings. The van der Waals surface area contributed by atoms with E-state index in [1.807, 2.05) is 26.2 Å². The number of alkyl halides is 1. The monoisotopic (exact) mass is 247 g/mol. The van der Waals surface area contributed by atoms with Crippen molar-refractivity contribution in [2.24, 2.45) is 0 Å². The van der Waals surface area contributed by atoms with Crippen LogP contribution in [0.1, 0.15) is 5.56 Å². The molecule has 0 unspecified atom stereocenters. The van der Waals surface area contributed by atoms with Crippen molar-refractivity contribution in [3.63, 3.8) is 0 Å². The summed E-state index contributed by atoms with van der Waals surface area (Å²) in [6.07, 6.45) is 0. The topological polar surface area (TPSA) is 12.5 Å². The molecule has 2 aromatic rings. The van der Waals surface area contributed by atoms with E-state index in [1.54, 1.807) is 0 Å². The van der Waals surface area contributed by atoms with Crippen molar-refractivity contribution in [2.45, 2.75) is 6.61 Å². The Hall–Kier alpha value is -1.61. The van der Waals surface area contributed by atoms with E-state index >= 15 is 0 Å². The maximum absolute atomic E-state index is 12.0. The summed E-state index contributed by atoms with van der Waals surface area (Å²) < 4.78 is 17.3. The van der Waals surface area contributed by atoms with E-state index in [0.29, 0.717) is 6.61 Å². The van der Waals surface area contributed by atoms with Crippen LogP contribution in [-0.2, 0) is 11.3 Å². The maximum Gasteiger partial charge on any atom is 0.113 e. The first kappa shape index (κ1) is 12.8. The minimum absolute atomic E-state index is 0.157. The molecule has 0 heterocycles. The van der Waals surface area contributed by atoms with E-state index < -0.39 is 6.67 Å². The van der Waals surface area contributed by atoms with Gasteiger partial charge in [0.05, 0.1) is 13.2 Å². The van der Waals surface area contributed by atoms with Crippen LogP contribution in [0.2, 0.25) is 0 Å². The number of hydrogen-bond donors (Lipinski definition) is 0. The first-order valence-electron chi connectivity index (χ1n) is 6.05. The molecule has 0 aromatic heterocycles. The fourth-order valence-corrected chi connectivity index (χ4v) is 2.10. The molecule has 0 fully saturated rings. The highest BCUT2D eigenvalue weighted by Crippen LogP contribution is 2.28. The van der Waals surface area contributed by atoms with Crippen molar-refractivity contribution >= 4 is 16.5 Å². The van der Waals surface area contributed by atoms with Gasteiger partial charge in [0.1, 0.15) is 6.67 Å². The van der Waals surface area contributed by atoms with Crippen molar-refractivity contribution in [3.05, 3.63) is 42.0 Å². The zero-order valence-electron chi connectivity index (χ0n) is 10.8. The van der Waals surface area contributed by atoms with E-state index in [2.05, 4.69) is 29.2 Å². The molecule has 2 nitrogen and oxygen atoms in total. The standard InChI is InChI=1S/C15H18FNO/c1-17(2)15-8-7-12(11-18-10-9-16)13-5-3-4-6-14(13)15/h3-8H,9-11H2,1-2H3. The van der Waals surface area contributed by atoms with E-state index in [4.69, 9.17) is 4.74 Å². The summed E-state index contributed by atoms with van der Waals surface area (Å²) in [4.78, 5) is 2.09. The second kappa shape index (κ2) is 5.83. The summed E-state index contributed by atoms with van der Waals surface area (Å²) in [5.74, 6) is 0. The Morgan fingerprint density at radius 1 is 1.06 bits per heavy atom. The molecule has 0 N–H and O–H groups in total. The Kier molecular flexibility index (Phi) is 4.15. The van der Waals surface area contributed by atoms with Gasteiger partial charge in [-0.2, -0.15) is 0 Å². The molecule has 0 radical (unpaired) electrons. The van der Waals surface area contributed by atoms with E-state index in [1.165, 1.54) is 16.5 Å². The number of ether oxygens (including phenoxy) is 1. The maximum atomic E-state index is 12.0. The fraction of sp³-hybridized carbons (Fsp3) is 0.333. The van der Waals surface area contributed by atoms with Crippen LogP contribution in [-0.4, -0.2) is 27.4 Å². The SMILES string of the molecule is CN(C)c1ccc(COCCF)c2ccccc12. The third-order valence-electron chi connectivity index (χ3n) is 2.95. The van der Waals surface area contributed by atoms with Crippen molar-refractivity contribution < 1.29 is 9.13 Å². The van der Waals surface area contributed by atoms with Gasteiger partial charge in [-0.3, -0.25) is 0 Å². The summed E-state index contributed by atoms with van der Waals surface area (Å²) in [6, 6.07) is 12.4. The van der Waals surface area contributed by atoms with Crippen molar-refractivity contribution in [1.82, 2.24) is 0 Å². The number of nitrogens with zero attached hydrogens (tertiary/aromatic N) is 1. The number of anilines is 1. The molecular formula is C15H18FNO. The lowest BCUT2D eigenvalue weighted by Crippen LogP contribution is -2.09. The molecule has 18 heavy (non-hydrogen) atoms. The second-order valence-corrected chi connectivity index (χ2v) is 4.43. The quantitative estimate of drug-likeness (QED) is 0.751. The van der Waals surface area contributed by atoms with Gasteiger partial charge >= 0.3 is 0 Å². The smallest absolute Gasteiger partial charge is 0.113 e. The average Bonchev–Trinajstić information content (AvgIpc) is 2.38. The first-order chi connectivity index (χ1) is 8.74. The lowest BCUT2D eigenvalue weighted by Gasteiger charge is -2.17. The van der Waals surface area contributed by atoms with Gasteiger partial charge in [-0.05, 0) is 17.0 Å². The summed E-state index contributed by atoms with van der Waals surface area (Å²) in [5, 5.41) is 2.37. The van der Waals surface area contributed by atoms with Crippen LogP contribution in [0.3, 0.4) is 0 Å². The molecule has 0 aliphatic carbocycles. The van der Waals surface area contributed by atoms with Crippen LogP contribution in [0.4, 0.5) is 10.1 Å². The van der Waals surface area contributed by atoms with Crippen LogP contribution in [0, 0.1) is 0 Å². The zero-order valence-corrected chi connectivity index (χ0v) is 10.8. The van der Waals surface area contributed by atoms with E-state index in [-0.39, 0.29) is 6.61 Å². The molecule has 0 atom stereocenters. The number of fused-ring (bicyclic) bond motifs is 1. The molecule has 2 rings (SSSR count).